The molecule has 3 aromatic heterocycles. The van der Waals surface area contributed by atoms with Crippen LogP contribution >= 0.6 is 22.9 Å². The third kappa shape index (κ3) is 4.66. The molecule has 10 nitrogen and oxygen atoms in total. The fraction of sp³-hybridized carbons (Fsp3) is 0.281. The minimum absolute atomic E-state index is 0.144. The average molecular weight is 627 g/mol. The molecule has 7 rings (SSSR count). The Hall–Kier alpha value is -4.50. The number of benzene rings is 2. The van der Waals surface area contributed by atoms with Crippen molar-refractivity contribution in [1.82, 2.24) is 19.4 Å². The predicted molar refractivity (Wildman–Crippen MR) is 170 cm³/mol. The zero-order valence-corrected chi connectivity index (χ0v) is 25.5. The van der Waals surface area contributed by atoms with E-state index in [2.05, 4.69) is 32.9 Å². The van der Waals surface area contributed by atoms with Gasteiger partial charge in [-0.25, -0.2) is 14.8 Å². The molecule has 44 heavy (non-hydrogen) atoms. The van der Waals surface area contributed by atoms with Gasteiger partial charge in [-0.3, -0.25) is 14.3 Å². The SMILES string of the molecule is Cc1nc2cnc(N3CCN(C)C4CC43)c(C#N)c2c(=O)n1CCOc1ccc(Cl)cc1-c1cccc2c(C(=O)O)csc12. The van der Waals surface area contributed by atoms with E-state index in [1.807, 2.05) is 12.1 Å². The molecule has 1 aliphatic heterocycles. The average Bonchev–Trinajstić information content (AvgIpc) is 3.70. The molecular weight excluding hydrogens is 600 g/mol. The van der Waals surface area contributed by atoms with Gasteiger partial charge in [-0.05, 0) is 38.6 Å². The van der Waals surface area contributed by atoms with E-state index in [0.29, 0.717) is 45.4 Å². The second kappa shape index (κ2) is 10.9. The predicted octanol–water partition coefficient (Wildman–Crippen LogP) is 5.18. The molecule has 12 heteroatoms. The number of aryl methyl sites for hydroxylation is 1. The van der Waals surface area contributed by atoms with Crippen LogP contribution in [0.25, 0.3) is 32.1 Å². The molecule has 2 aromatic carbocycles. The molecule has 0 bridgehead atoms. The van der Waals surface area contributed by atoms with Gasteiger partial charge in [-0.1, -0.05) is 29.8 Å². The molecule has 1 N–H and O–H groups in total. The molecular formula is C32H27ClN6O4S. The zero-order chi connectivity index (χ0) is 30.7. The summed E-state index contributed by atoms with van der Waals surface area (Å²) in [5, 5.41) is 22.9. The van der Waals surface area contributed by atoms with Gasteiger partial charge >= 0.3 is 5.97 Å². The molecule has 1 saturated carbocycles. The van der Waals surface area contributed by atoms with Gasteiger partial charge in [-0.15, -0.1) is 11.3 Å². The number of ether oxygens (including phenoxy) is 1. The number of carbonyl (C=O) groups is 1. The smallest absolute Gasteiger partial charge is 0.337 e. The number of nitriles is 1. The van der Waals surface area contributed by atoms with E-state index in [1.54, 1.807) is 42.8 Å². The number of hydrogen-bond acceptors (Lipinski definition) is 9. The molecule has 2 atom stereocenters. The van der Waals surface area contributed by atoms with Crippen LogP contribution in [-0.2, 0) is 6.54 Å². The minimum Gasteiger partial charge on any atom is -0.491 e. The van der Waals surface area contributed by atoms with Gasteiger partial charge in [-0.2, -0.15) is 5.26 Å². The van der Waals surface area contributed by atoms with Gasteiger partial charge in [0.05, 0.1) is 29.2 Å². The summed E-state index contributed by atoms with van der Waals surface area (Å²) in [6.07, 6.45) is 2.61. The van der Waals surface area contributed by atoms with Gasteiger partial charge in [0.15, 0.2) is 0 Å². The molecule has 222 valence electrons. The van der Waals surface area contributed by atoms with Crippen LogP contribution in [0.2, 0.25) is 5.02 Å². The first kappa shape index (κ1) is 28.3. The number of aromatic nitrogens is 3. The number of likely N-dealkylation sites (N-methyl/N-ethyl adjacent to an activating group) is 1. The minimum atomic E-state index is -0.983. The van der Waals surface area contributed by atoms with Crippen LogP contribution in [-0.4, -0.2) is 69.3 Å². The fourth-order valence-corrected chi connectivity index (χ4v) is 7.50. The number of pyridine rings is 1. The van der Waals surface area contributed by atoms with Crippen LogP contribution in [0.4, 0.5) is 5.82 Å². The monoisotopic (exact) mass is 626 g/mol. The van der Waals surface area contributed by atoms with Crippen LogP contribution in [0, 0.1) is 18.3 Å². The zero-order valence-electron chi connectivity index (χ0n) is 24.0. The Balaban J connectivity index is 1.20. The summed E-state index contributed by atoms with van der Waals surface area (Å²) in [7, 11) is 2.11. The van der Waals surface area contributed by atoms with Crippen molar-refractivity contribution in [2.75, 3.05) is 31.6 Å². The Bertz CT molecular complexity index is 2090. The van der Waals surface area contributed by atoms with Gasteiger partial charge < -0.3 is 14.7 Å². The summed E-state index contributed by atoms with van der Waals surface area (Å²) in [5.74, 6) is 0.603. The lowest BCUT2D eigenvalue weighted by atomic mass is 10.0. The van der Waals surface area contributed by atoms with E-state index in [0.717, 1.165) is 35.3 Å². The summed E-state index contributed by atoms with van der Waals surface area (Å²) in [4.78, 5) is 39.3. The van der Waals surface area contributed by atoms with Gasteiger partial charge in [0.25, 0.3) is 5.56 Å². The fourth-order valence-electron chi connectivity index (χ4n) is 6.25. The summed E-state index contributed by atoms with van der Waals surface area (Å²) >= 11 is 7.73. The molecule has 1 saturated heterocycles. The number of piperazine rings is 1. The highest BCUT2D eigenvalue weighted by atomic mass is 35.5. The largest absolute Gasteiger partial charge is 0.491 e. The van der Waals surface area contributed by atoms with E-state index in [4.69, 9.17) is 16.3 Å². The molecule has 0 radical (unpaired) electrons. The number of aromatic carboxylic acids is 1. The summed E-state index contributed by atoms with van der Waals surface area (Å²) < 4.78 is 8.58. The normalized spacial score (nSPS) is 17.9. The van der Waals surface area contributed by atoms with Crippen LogP contribution in [0.15, 0.2) is 52.8 Å². The van der Waals surface area contributed by atoms with Crippen molar-refractivity contribution >= 4 is 55.7 Å². The van der Waals surface area contributed by atoms with Crippen molar-refractivity contribution in [3.05, 3.63) is 80.3 Å². The third-order valence-corrected chi connectivity index (χ3v) is 9.84. The van der Waals surface area contributed by atoms with Crippen LogP contribution in [0.3, 0.4) is 0 Å². The quantitative estimate of drug-likeness (QED) is 0.260. The number of carboxylic acid groups (broad SMARTS) is 1. The standard InChI is InChI=1S/C32H27ClN6O4S/c1-17-36-24-15-35-30(39-9-8-37(2)25-13-26(25)39)22(14-34)28(24)31(40)38(17)10-11-43-27-7-6-18(33)12-21(27)19-4-3-5-20-23(32(41)42)16-44-29(19)20/h3-7,12,15-16,25-26H,8-11,13H2,1-2H3,(H,41,42). The number of hydrogen-bond donors (Lipinski definition) is 1. The molecule has 4 heterocycles. The maximum absolute atomic E-state index is 13.9. The van der Waals surface area contributed by atoms with Crippen LogP contribution < -0.4 is 15.2 Å². The first-order valence-electron chi connectivity index (χ1n) is 14.2. The molecule has 1 aliphatic carbocycles. The van der Waals surface area contributed by atoms with Crippen molar-refractivity contribution in [2.24, 2.45) is 0 Å². The molecule has 2 unspecified atom stereocenters. The van der Waals surface area contributed by atoms with Crippen molar-refractivity contribution in [1.29, 1.82) is 5.26 Å². The number of nitrogens with zero attached hydrogens (tertiary/aromatic N) is 6. The highest BCUT2D eigenvalue weighted by molar-refractivity contribution is 7.18. The highest BCUT2D eigenvalue weighted by Gasteiger charge is 2.48. The highest BCUT2D eigenvalue weighted by Crippen LogP contribution is 2.41. The lowest BCUT2D eigenvalue weighted by Crippen LogP contribution is -2.45. The topological polar surface area (TPSA) is 125 Å². The molecule has 0 spiro atoms. The Morgan fingerprint density at radius 1 is 1.23 bits per heavy atom. The molecule has 2 fully saturated rings. The number of halogens is 1. The van der Waals surface area contributed by atoms with Crippen LogP contribution in [0.5, 0.6) is 5.75 Å². The lowest BCUT2D eigenvalue weighted by molar-refractivity contribution is 0.0699. The first-order valence-corrected chi connectivity index (χ1v) is 15.5. The first-order chi connectivity index (χ1) is 21.3. The Morgan fingerprint density at radius 2 is 2.07 bits per heavy atom. The van der Waals surface area contributed by atoms with Crippen molar-refractivity contribution in [3.63, 3.8) is 0 Å². The van der Waals surface area contributed by atoms with E-state index >= 15 is 0 Å². The summed E-state index contributed by atoms with van der Waals surface area (Å²) in [6, 6.07) is 13.8. The van der Waals surface area contributed by atoms with Crippen molar-refractivity contribution < 1.29 is 14.6 Å². The number of fused-ring (bicyclic) bond motifs is 3. The Kier molecular flexibility index (Phi) is 7.00. The van der Waals surface area contributed by atoms with Crippen molar-refractivity contribution in [2.45, 2.75) is 32.0 Å². The Morgan fingerprint density at radius 3 is 2.86 bits per heavy atom. The maximum atomic E-state index is 13.9. The Labute approximate surface area is 261 Å². The number of thiophene rings is 1. The third-order valence-electron chi connectivity index (χ3n) is 8.57. The number of rotatable bonds is 7. The van der Waals surface area contributed by atoms with E-state index in [-0.39, 0.29) is 35.2 Å². The maximum Gasteiger partial charge on any atom is 0.337 e. The van der Waals surface area contributed by atoms with E-state index in [9.17, 15) is 20.0 Å². The van der Waals surface area contributed by atoms with Gasteiger partial charge in [0.1, 0.15) is 35.6 Å². The van der Waals surface area contributed by atoms with Crippen LogP contribution in [0.1, 0.15) is 28.2 Å². The summed E-state index contributed by atoms with van der Waals surface area (Å²) in [6.45, 7) is 3.71. The number of carboxylic acids is 1. The molecule has 0 amide bonds. The lowest BCUT2D eigenvalue weighted by Gasteiger charge is -2.33. The van der Waals surface area contributed by atoms with Gasteiger partial charge in [0.2, 0.25) is 0 Å². The molecule has 5 aromatic rings. The molecule has 2 aliphatic rings. The second-order valence-corrected chi connectivity index (χ2v) is 12.4. The van der Waals surface area contributed by atoms with E-state index in [1.165, 1.54) is 15.9 Å². The number of anilines is 1. The van der Waals surface area contributed by atoms with E-state index < -0.39 is 5.97 Å². The van der Waals surface area contributed by atoms with Crippen molar-refractivity contribution in [3.8, 4) is 22.9 Å². The van der Waals surface area contributed by atoms with Gasteiger partial charge in [0, 0.05) is 56.8 Å². The summed E-state index contributed by atoms with van der Waals surface area (Å²) in [5.41, 5.74) is 2.12. The second-order valence-electron chi connectivity index (χ2n) is 11.1.